The Morgan fingerprint density at radius 2 is 1.34 bits per heavy atom. The van der Waals surface area contributed by atoms with Gasteiger partial charge < -0.3 is 19.5 Å². The van der Waals surface area contributed by atoms with Crippen LogP contribution in [0, 0.1) is 6.92 Å². The summed E-state index contributed by atoms with van der Waals surface area (Å²) in [7, 11) is 3.56. The lowest BCUT2D eigenvalue weighted by atomic mass is 9.96. The van der Waals surface area contributed by atoms with Crippen LogP contribution in [0.15, 0.2) is 84.9 Å². The molecule has 1 amide bonds. The van der Waals surface area contributed by atoms with Crippen molar-refractivity contribution in [2.75, 3.05) is 21.3 Å². The van der Waals surface area contributed by atoms with E-state index < -0.39 is 35.9 Å². The highest BCUT2D eigenvalue weighted by molar-refractivity contribution is 6.06. The molecule has 0 unspecified atom stereocenters. The van der Waals surface area contributed by atoms with Crippen LogP contribution in [0.1, 0.15) is 48.4 Å². The first-order valence-electron chi connectivity index (χ1n) is 12.7. The van der Waals surface area contributed by atoms with Gasteiger partial charge in [0.25, 0.3) is 5.91 Å². The zero-order chi connectivity index (χ0) is 29.5. The van der Waals surface area contributed by atoms with Crippen LogP contribution in [0.5, 0.6) is 0 Å². The van der Waals surface area contributed by atoms with E-state index >= 15 is 0 Å². The van der Waals surface area contributed by atoms with Gasteiger partial charge >= 0.3 is 17.9 Å². The molecule has 0 spiro atoms. The van der Waals surface area contributed by atoms with Crippen LogP contribution in [-0.4, -0.2) is 61.0 Å². The molecule has 4 aromatic rings. The van der Waals surface area contributed by atoms with Crippen molar-refractivity contribution in [1.29, 1.82) is 0 Å². The van der Waals surface area contributed by atoms with Crippen molar-refractivity contribution in [2.45, 2.75) is 19.0 Å². The summed E-state index contributed by atoms with van der Waals surface area (Å²) >= 11 is 0. The number of nitrogens with one attached hydrogen (secondary N) is 1. The van der Waals surface area contributed by atoms with Crippen molar-refractivity contribution in [3.05, 3.63) is 113 Å². The van der Waals surface area contributed by atoms with Gasteiger partial charge in [-0.1, -0.05) is 78.4 Å². The molecular weight excluding hydrogens is 526 g/mol. The molecule has 0 fully saturated rings. The number of rotatable bonds is 9. The van der Waals surface area contributed by atoms with Crippen LogP contribution in [0.4, 0.5) is 0 Å². The minimum Gasteiger partial charge on any atom is -0.467 e. The lowest BCUT2D eigenvalue weighted by Crippen LogP contribution is -2.48. The van der Waals surface area contributed by atoms with Crippen molar-refractivity contribution in [3.8, 4) is 11.3 Å². The molecule has 0 saturated carbocycles. The Morgan fingerprint density at radius 3 is 1.90 bits per heavy atom. The molecule has 0 aliphatic rings. The fourth-order valence-corrected chi connectivity index (χ4v) is 4.49. The number of ether oxygens (including phenoxy) is 3. The second-order valence-corrected chi connectivity index (χ2v) is 9.06. The molecule has 10 heteroatoms. The second-order valence-electron chi connectivity index (χ2n) is 9.06. The summed E-state index contributed by atoms with van der Waals surface area (Å²) in [6, 6.07) is 21.9. The normalized spacial score (nSPS) is 12.1. The molecule has 3 aromatic carbocycles. The number of carbonyl (C=O) groups excluding carboxylic acids is 4. The third kappa shape index (κ3) is 6.01. The Kier molecular flexibility index (Phi) is 8.93. The van der Waals surface area contributed by atoms with E-state index in [1.165, 1.54) is 26.0 Å². The zero-order valence-electron chi connectivity index (χ0n) is 23.0. The highest BCUT2D eigenvalue weighted by Gasteiger charge is 2.39. The number of aromatic nitrogens is 2. The van der Waals surface area contributed by atoms with Gasteiger partial charge in [-0.2, -0.15) is 5.10 Å². The summed E-state index contributed by atoms with van der Waals surface area (Å²) in [5.74, 6) is -3.02. The van der Waals surface area contributed by atoms with Crippen LogP contribution in [0.25, 0.3) is 11.3 Å². The lowest BCUT2D eigenvalue weighted by Gasteiger charge is -2.28. The van der Waals surface area contributed by atoms with Gasteiger partial charge in [-0.15, -0.1) is 0 Å². The molecule has 1 heterocycles. The summed E-state index contributed by atoms with van der Waals surface area (Å²) in [6.45, 7) is 1.90. The van der Waals surface area contributed by atoms with Crippen LogP contribution < -0.4 is 5.32 Å². The summed E-state index contributed by atoms with van der Waals surface area (Å²) in [4.78, 5) is 52.8. The summed E-state index contributed by atoms with van der Waals surface area (Å²) in [5, 5.41) is 7.30. The molecule has 4 rings (SSSR count). The number of esters is 3. The Bertz CT molecular complexity index is 1550. The third-order valence-corrected chi connectivity index (χ3v) is 6.50. The standard InChI is InChI=1S/C31H29N3O7/c1-19-15-17-21(18-16-19)26-23(29(36)39-2)24(30(37)40-3)33-34(26)27(20-11-7-5-8-12-20)25(31(38)41-4)32-28(35)22-13-9-6-10-14-22/h5-18,25,27H,1-4H3,(H,32,35)/t25-,27-/m0/s1. The number of benzene rings is 3. The average Bonchev–Trinajstić information content (AvgIpc) is 3.40. The molecule has 0 aliphatic carbocycles. The highest BCUT2D eigenvalue weighted by Crippen LogP contribution is 2.35. The van der Waals surface area contributed by atoms with Crippen molar-refractivity contribution in [2.24, 2.45) is 0 Å². The molecule has 1 aromatic heterocycles. The summed E-state index contributed by atoms with van der Waals surface area (Å²) in [5.41, 5.74) is 2.05. The smallest absolute Gasteiger partial charge is 0.359 e. The number of aryl methyl sites for hydroxylation is 1. The molecule has 210 valence electrons. The van der Waals surface area contributed by atoms with Crippen molar-refractivity contribution < 1.29 is 33.4 Å². The van der Waals surface area contributed by atoms with Crippen molar-refractivity contribution >= 4 is 23.8 Å². The fraction of sp³-hybridized carbons (Fsp3) is 0.194. The quantitative estimate of drug-likeness (QED) is 0.243. The van der Waals surface area contributed by atoms with E-state index in [9.17, 15) is 19.2 Å². The topological polar surface area (TPSA) is 126 Å². The van der Waals surface area contributed by atoms with E-state index in [2.05, 4.69) is 10.4 Å². The third-order valence-electron chi connectivity index (χ3n) is 6.50. The van der Waals surface area contributed by atoms with Gasteiger partial charge in [-0.25, -0.2) is 14.4 Å². The minimum atomic E-state index is -1.34. The van der Waals surface area contributed by atoms with Crippen molar-refractivity contribution in [1.82, 2.24) is 15.1 Å². The van der Waals surface area contributed by atoms with Gasteiger partial charge in [0.2, 0.25) is 0 Å². The molecule has 2 atom stereocenters. The number of methoxy groups -OCH3 is 3. The number of nitrogens with zero attached hydrogens (tertiary/aromatic N) is 2. The van der Waals surface area contributed by atoms with E-state index in [0.717, 1.165) is 5.56 Å². The predicted octanol–water partition coefficient (Wildman–Crippen LogP) is 3.99. The summed E-state index contributed by atoms with van der Waals surface area (Å²) in [6.07, 6.45) is 0. The van der Waals surface area contributed by atoms with E-state index in [0.29, 0.717) is 16.7 Å². The number of carbonyl (C=O) groups is 4. The van der Waals surface area contributed by atoms with E-state index in [1.807, 2.05) is 19.1 Å². The Labute approximate surface area is 236 Å². The largest absolute Gasteiger partial charge is 0.467 e. The second kappa shape index (κ2) is 12.7. The molecular formula is C31H29N3O7. The monoisotopic (exact) mass is 555 g/mol. The highest BCUT2D eigenvalue weighted by atomic mass is 16.5. The minimum absolute atomic E-state index is 0.151. The number of amides is 1. The van der Waals surface area contributed by atoms with Gasteiger partial charge in [0.15, 0.2) is 11.7 Å². The zero-order valence-corrected chi connectivity index (χ0v) is 23.0. The average molecular weight is 556 g/mol. The first kappa shape index (κ1) is 28.8. The van der Waals surface area contributed by atoms with Crippen LogP contribution in [0.3, 0.4) is 0 Å². The first-order valence-corrected chi connectivity index (χ1v) is 12.7. The van der Waals surface area contributed by atoms with Crippen LogP contribution in [-0.2, 0) is 19.0 Å². The molecule has 0 radical (unpaired) electrons. The lowest BCUT2D eigenvalue weighted by molar-refractivity contribution is -0.143. The Balaban J connectivity index is 2.04. The predicted molar refractivity (Wildman–Crippen MR) is 149 cm³/mol. The van der Waals surface area contributed by atoms with E-state index in [-0.39, 0.29) is 17.0 Å². The van der Waals surface area contributed by atoms with Gasteiger partial charge in [0.05, 0.1) is 27.0 Å². The van der Waals surface area contributed by atoms with Gasteiger partial charge in [0.1, 0.15) is 11.6 Å². The molecule has 10 nitrogen and oxygen atoms in total. The fourth-order valence-electron chi connectivity index (χ4n) is 4.49. The van der Waals surface area contributed by atoms with E-state index in [1.54, 1.807) is 72.8 Å². The van der Waals surface area contributed by atoms with E-state index in [4.69, 9.17) is 14.2 Å². The maximum absolute atomic E-state index is 13.4. The maximum Gasteiger partial charge on any atom is 0.359 e. The van der Waals surface area contributed by atoms with Gasteiger partial charge in [-0.3, -0.25) is 9.48 Å². The van der Waals surface area contributed by atoms with Gasteiger partial charge in [0, 0.05) is 11.1 Å². The molecule has 41 heavy (non-hydrogen) atoms. The SMILES string of the molecule is COC(=O)c1nn([C@@H](c2ccccc2)[C@H](NC(=O)c2ccccc2)C(=O)OC)c(-c2ccc(C)cc2)c1C(=O)OC. The Hall–Kier alpha value is -5.25. The van der Waals surface area contributed by atoms with Crippen LogP contribution in [0.2, 0.25) is 0 Å². The summed E-state index contributed by atoms with van der Waals surface area (Å²) < 4.78 is 16.5. The number of hydrogen-bond donors (Lipinski definition) is 1. The van der Waals surface area contributed by atoms with Crippen molar-refractivity contribution in [3.63, 3.8) is 0 Å². The first-order chi connectivity index (χ1) is 19.8. The molecule has 0 saturated heterocycles. The maximum atomic E-state index is 13.4. The Morgan fingerprint density at radius 1 is 0.756 bits per heavy atom. The number of hydrogen-bond acceptors (Lipinski definition) is 8. The molecule has 1 N–H and O–H groups in total. The molecule has 0 bridgehead atoms. The molecule has 0 aliphatic heterocycles. The van der Waals surface area contributed by atoms with Gasteiger partial charge in [-0.05, 0) is 24.6 Å². The van der Waals surface area contributed by atoms with Crippen LogP contribution >= 0.6 is 0 Å².